The van der Waals surface area contributed by atoms with Gasteiger partial charge in [-0.3, -0.25) is 9.59 Å². The number of nitrogens with zero attached hydrogens (tertiary/aromatic N) is 5. The zero-order chi connectivity index (χ0) is 30.3. The van der Waals surface area contributed by atoms with Gasteiger partial charge >= 0.3 is 0 Å². The van der Waals surface area contributed by atoms with Crippen LogP contribution in [0.25, 0.3) is 22.1 Å². The Morgan fingerprint density at radius 2 is 1.72 bits per heavy atom. The number of morpholine rings is 1. The molecule has 1 saturated heterocycles. The third kappa shape index (κ3) is 5.65. The number of halogens is 1. The zero-order valence-electron chi connectivity index (χ0n) is 24.6. The van der Waals surface area contributed by atoms with E-state index in [1.165, 1.54) is 16.9 Å². The highest BCUT2D eigenvalue weighted by molar-refractivity contribution is 5.94. The average Bonchev–Trinajstić information content (AvgIpc) is 3.37. The molecule has 1 N–H and O–H groups in total. The molecule has 1 fully saturated rings. The summed E-state index contributed by atoms with van der Waals surface area (Å²) in [6.07, 6.45) is 3.41. The minimum Gasteiger partial charge on any atom is -0.378 e. The lowest BCUT2D eigenvalue weighted by Crippen LogP contribution is -2.40. The van der Waals surface area contributed by atoms with Crippen LogP contribution in [-0.2, 0) is 10.2 Å². The maximum absolute atomic E-state index is 15.2. The minimum atomic E-state index is -0.559. The molecule has 1 aliphatic rings. The van der Waals surface area contributed by atoms with Crippen LogP contribution in [0.1, 0.15) is 42.3 Å². The topological polar surface area (TPSA) is 94.3 Å². The fourth-order valence-corrected chi connectivity index (χ4v) is 5.12. The molecule has 9 nitrogen and oxygen atoms in total. The molecule has 3 aromatic carbocycles. The summed E-state index contributed by atoms with van der Waals surface area (Å²) in [4.78, 5) is 27.9. The van der Waals surface area contributed by atoms with Gasteiger partial charge in [0, 0.05) is 41.5 Å². The summed E-state index contributed by atoms with van der Waals surface area (Å²) in [5.74, 6) is 0.0830. The van der Waals surface area contributed by atoms with Crippen molar-refractivity contribution >= 4 is 28.2 Å². The van der Waals surface area contributed by atoms with E-state index >= 15 is 4.39 Å². The number of anilines is 2. The van der Waals surface area contributed by atoms with E-state index < -0.39 is 11.4 Å². The van der Waals surface area contributed by atoms with Crippen molar-refractivity contribution in [1.29, 1.82) is 0 Å². The summed E-state index contributed by atoms with van der Waals surface area (Å²) < 4.78 is 23.4. The number of benzene rings is 3. The normalized spacial score (nSPS) is 13.8. The van der Waals surface area contributed by atoms with Crippen LogP contribution in [0.4, 0.5) is 15.9 Å². The van der Waals surface area contributed by atoms with Gasteiger partial charge in [0.15, 0.2) is 5.82 Å². The van der Waals surface area contributed by atoms with Crippen molar-refractivity contribution in [3.63, 3.8) is 0 Å². The molecule has 2 aromatic heterocycles. The first kappa shape index (κ1) is 28.3. The van der Waals surface area contributed by atoms with Crippen LogP contribution in [-0.4, -0.2) is 56.7 Å². The maximum Gasteiger partial charge on any atom is 0.282 e. The lowest BCUT2D eigenvalue weighted by molar-refractivity contribution is 0.0303. The SMILES string of the molecule is Cc1cn(-c2cccc(-n3ncc4cc(C(C)(C)C)cc(F)c4c3=O)c2)nc1Nc1ccc(C(=O)N2CCOCC2)cc1. The number of amides is 1. The lowest BCUT2D eigenvalue weighted by atomic mass is 9.86. The maximum atomic E-state index is 15.2. The highest BCUT2D eigenvalue weighted by Crippen LogP contribution is 2.27. The Bertz CT molecular complexity index is 1880. The van der Waals surface area contributed by atoms with E-state index in [9.17, 15) is 9.59 Å². The number of aryl methyl sites for hydroxylation is 1. The summed E-state index contributed by atoms with van der Waals surface area (Å²) in [5, 5.41) is 12.9. The third-order valence-electron chi connectivity index (χ3n) is 7.63. The average molecular weight is 581 g/mol. The van der Waals surface area contributed by atoms with Gasteiger partial charge in [0.2, 0.25) is 0 Å². The van der Waals surface area contributed by atoms with Gasteiger partial charge in [-0.15, -0.1) is 5.10 Å². The van der Waals surface area contributed by atoms with Gasteiger partial charge in [-0.2, -0.15) is 9.78 Å². The van der Waals surface area contributed by atoms with Crippen LogP contribution < -0.4 is 10.9 Å². The first-order chi connectivity index (χ1) is 20.6. The van der Waals surface area contributed by atoms with Crippen LogP contribution >= 0.6 is 0 Å². The second-order valence-electron chi connectivity index (χ2n) is 11.8. The van der Waals surface area contributed by atoms with Crippen molar-refractivity contribution < 1.29 is 13.9 Å². The molecular formula is C33H33FN6O3. The van der Waals surface area contributed by atoms with E-state index in [0.29, 0.717) is 54.4 Å². The lowest BCUT2D eigenvalue weighted by Gasteiger charge is -2.26. The summed E-state index contributed by atoms with van der Waals surface area (Å²) in [5.41, 5.74) is 3.53. The summed E-state index contributed by atoms with van der Waals surface area (Å²) >= 11 is 0. The van der Waals surface area contributed by atoms with Gasteiger partial charge in [0.25, 0.3) is 11.5 Å². The van der Waals surface area contributed by atoms with Gasteiger partial charge < -0.3 is 15.0 Å². The predicted molar refractivity (Wildman–Crippen MR) is 164 cm³/mol. The molecule has 1 aliphatic heterocycles. The summed E-state index contributed by atoms with van der Waals surface area (Å²) in [6, 6.07) is 17.8. The third-order valence-corrected chi connectivity index (χ3v) is 7.63. The number of hydrogen-bond acceptors (Lipinski definition) is 6. The Kier molecular flexibility index (Phi) is 7.31. The number of hydrogen-bond donors (Lipinski definition) is 1. The van der Waals surface area contributed by atoms with Crippen molar-refractivity contribution in [2.45, 2.75) is 33.1 Å². The van der Waals surface area contributed by atoms with E-state index in [2.05, 4.69) is 10.4 Å². The molecule has 0 spiro atoms. The number of nitrogens with one attached hydrogen (secondary N) is 1. The molecule has 43 heavy (non-hydrogen) atoms. The molecule has 0 bridgehead atoms. The van der Waals surface area contributed by atoms with Gasteiger partial charge in [-0.05, 0) is 72.5 Å². The second-order valence-corrected chi connectivity index (χ2v) is 11.8. The Morgan fingerprint density at radius 3 is 2.44 bits per heavy atom. The van der Waals surface area contributed by atoms with Crippen LogP contribution in [0.5, 0.6) is 0 Å². The molecule has 0 unspecified atom stereocenters. The van der Waals surface area contributed by atoms with Crippen LogP contribution in [0.2, 0.25) is 0 Å². The Hall–Kier alpha value is -4.83. The van der Waals surface area contributed by atoms with E-state index in [0.717, 1.165) is 16.8 Å². The van der Waals surface area contributed by atoms with Crippen molar-refractivity contribution in [1.82, 2.24) is 24.5 Å². The molecule has 5 aromatic rings. The Morgan fingerprint density at radius 1 is 1.00 bits per heavy atom. The molecule has 0 saturated carbocycles. The number of rotatable bonds is 5. The Balaban J connectivity index is 1.24. The van der Waals surface area contributed by atoms with Crippen LogP contribution in [0, 0.1) is 12.7 Å². The smallest absolute Gasteiger partial charge is 0.282 e. The van der Waals surface area contributed by atoms with Crippen molar-refractivity contribution in [3.05, 3.63) is 106 Å². The second kappa shape index (κ2) is 11.1. The molecule has 0 atom stereocenters. The monoisotopic (exact) mass is 580 g/mol. The standard InChI is InChI=1S/C33H33FN6O3/c1-21-20-39(37-30(21)36-25-10-8-22(9-11-25)31(41)38-12-14-43-15-13-38)26-6-5-7-27(18-26)40-32(42)29-23(19-35-40)16-24(17-28(29)34)33(2,3)4/h5-11,16-20H,12-15H2,1-4H3,(H,36,37). The molecule has 10 heteroatoms. The van der Waals surface area contributed by atoms with E-state index in [1.54, 1.807) is 39.9 Å². The molecule has 6 rings (SSSR count). The quantitative estimate of drug-likeness (QED) is 0.294. The Labute approximate surface area is 248 Å². The largest absolute Gasteiger partial charge is 0.378 e. The molecule has 0 aliphatic carbocycles. The highest BCUT2D eigenvalue weighted by atomic mass is 19.1. The fourth-order valence-electron chi connectivity index (χ4n) is 5.12. The van der Waals surface area contributed by atoms with Crippen LogP contribution in [0.15, 0.2) is 77.9 Å². The van der Waals surface area contributed by atoms with Gasteiger partial charge in [0.1, 0.15) is 5.82 Å². The number of ether oxygens (including phenoxy) is 1. The van der Waals surface area contributed by atoms with Crippen molar-refractivity contribution in [3.8, 4) is 11.4 Å². The predicted octanol–water partition coefficient (Wildman–Crippen LogP) is 5.53. The number of aromatic nitrogens is 4. The summed E-state index contributed by atoms with van der Waals surface area (Å²) in [7, 11) is 0. The number of fused-ring (bicyclic) bond motifs is 1. The van der Waals surface area contributed by atoms with Crippen LogP contribution in [0.3, 0.4) is 0 Å². The fraction of sp³-hybridized carbons (Fsp3) is 0.273. The minimum absolute atomic E-state index is 0.00686. The van der Waals surface area contributed by atoms with Crippen molar-refractivity contribution in [2.75, 3.05) is 31.6 Å². The van der Waals surface area contributed by atoms with E-state index in [-0.39, 0.29) is 16.7 Å². The van der Waals surface area contributed by atoms with E-state index in [1.807, 2.05) is 58.2 Å². The highest BCUT2D eigenvalue weighted by Gasteiger charge is 2.20. The first-order valence-corrected chi connectivity index (χ1v) is 14.2. The van der Waals surface area contributed by atoms with Gasteiger partial charge in [0.05, 0.1) is 36.2 Å². The molecule has 0 radical (unpaired) electrons. The zero-order valence-corrected chi connectivity index (χ0v) is 24.6. The van der Waals surface area contributed by atoms with Crippen molar-refractivity contribution in [2.24, 2.45) is 0 Å². The van der Waals surface area contributed by atoms with E-state index in [4.69, 9.17) is 9.84 Å². The molecule has 3 heterocycles. The number of carbonyl (C=O) groups excluding carboxylic acids is 1. The molecule has 220 valence electrons. The summed E-state index contributed by atoms with van der Waals surface area (Å²) in [6.45, 7) is 10.2. The first-order valence-electron chi connectivity index (χ1n) is 14.2. The number of carbonyl (C=O) groups is 1. The molecular weight excluding hydrogens is 547 g/mol. The molecule has 1 amide bonds. The van der Waals surface area contributed by atoms with Gasteiger partial charge in [-0.25, -0.2) is 9.07 Å². The van der Waals surface area contributed by atoms with Gasteiger partial charge in [-0.1, -0.05) is 26.8 Å².